The minimum absolute atomic E-state index is 0.179. The van der Waals surface area contributed by atoms with E-state index in [2.05, 4.69) is 43.0 Å². The Hall–Kier alpha value is -0.900. The molecule has 1 aliphatic rings. The van der Waals surface area contributed by atoms with Crippen LogP contribution in [0.2, 0.25) is 0 Å². The SMILES string of the molecule is CCC(N)C(c1ccc(C)cc1)N1CCC(OC)C1. The van der Waals surface area contributed by atoms with Crippen LogP contribution < -0.4 is 5.73 Å². The number of methoxy groups -OCH3 is 1. The monoisotopic (exact) mass is 262 g/mol. The fourth-order valence-electron chi connectivity index (χ4n) is 2.91. The highest BCUT2D eigenvalue weighted by atomic mass is 16.5. The molecule has 19 heavy (non-hydrogen) atoms. The summed E-state index contributed by atoms with van der Waals surface area (Å²) in [5.41, 5.74) is 9.00. The number of aryl methyl sites for hydroxylation is 1. The van der Waals surface area contributed by atoms with Gasteiger partial charge >= 0.3 is 0 Å². The van der Waals surface area contributed by atoms with E-state index in [0.29, 0.717) is 12.1 Å². The molecule has 0 aliphatic carbocycles. The molecule has 3 nitrogen and oxygen atoms in total. The van der Waals surface area contributed by atoms with Gasteiger partial charge in [0.2, 0.25) is 0 Å². The first-order valence-corrected chi connectivity index (χ1v) is 7.24. The Labute approximate surface area is 116 Å². The molecule has 1 heterocycles. The van der Waals surface area contributed by atoms with Crippen LogP contribution in [0.15, 0.2) is 24.3 Å². The first-order chi connectivity index (χ1) is 9.15. The van der Waals surface area contributed by atoms with Crippen LogP contribution in [0.1, 0.15) is 36.9 Å². The lowest BCUT2D eigenvalue weighted by Crippen LogP contribution is -2.40. The zero-order valence-corrected chi connectivity index (χ0v) is 12.3. The van der Waals surface area contributed by atoms with Crippen LogP contribution in [-0.4, -0.2) is 37.2 Å². The number of ether oxygens (including phenoxy) is 1. The second-order valence-electron chi connectivity index (χ2n) is 5.57. The van der Waals surface area contributed by atoms with Crippen LogP contribution in [0.25, 0.3) is 0 Å². The Bertz CT molecular complexity index is 390. The van der Waals surface area contributed by atoms with Crippen molar-refractivity contribution >= 4 is 0 Å². The van der Waals surface area contributed by atoms with Crippen molar-refractivity contribution in [3.8, 4) is 0 Å². The molecule has 1 aromatic carbocycles. The fourth-order valence-corrected chi connectivity index (χ4v) is 2.91. The number of nitrogens with zero attached hydrogens (tertiary/aromatic N) is 1. The Kier molecular flexibility index (Phi) is 4.97. The van der Waals surface area contributed by atoms with Crippen LogP contribution in [0, 0.1) is 6.92 Å². The second-order valence-corrected chi connectivity index (χ2v) is 5.57. The summed E-state index contributed by atoms with van der Waals surface area (Å²) in [6, 6.07) is 9.28. The highest BCUT2D eigenvalue weighted by molar-refractivity contribution is 5.25. The van der Waals surface area contributed by atoms with Crippen LogP contribution in [0.5, 0.6) is 0 Å². The molecule has 1 aromatic rings. The minimum atomic E-state index is 0.179. The summed E-state index contributed by atoms with van der Waals surface area (Å²) >= 11 is 0. The molecule has 0 aromatic heterocycles. The summed E-state index contributed by atoms with van der Waals surface area (Å²) in [4.78, 5) is 2.48. The third-order valence-corrected chi connectivity index (χ3v) is 4.20. The average Bonchev–Trinajstić information content (AvgIpc) is 2.89. The molecule has 0 saturated carbocycles. The summed E-state index contributed by atoms with van der Waals surface area (Å²) < 4.78 is 5.48. The Morgan fingerprint density at radius 2 is 2.05 bits per heavy atom. The van der Waals surface area contributed by atoms with Crippen LogP contribution >= 0.6 is 0 Å². The first-order valence-electron chi connectivity index (χ1n) is 7.24. The summed E-state index contributed by atoms with van der Waals surface area (Å²) in [7, 11) is 1.80. The van der Waals surface area contributed by atoms with Gasteiger partial charge in [-0.05, 0) is 25.3 Å². The Morgan fingerprint density at radius 1 is 1.37 bits per heavy atom. The molecule has 3 unspecified atom stereocenters. The number of rotatable bonds is 5. The number of hydrogen-bond donors (Lipinski definition) is 1. The molecule has 106 valence electrons. The molecule has 2 rings (SSSR count). The van der Waals surface area contributed by atoms with Gasteiger partial charge in [0, 0.05) is 32.3 Å². The average molecular weight is 262 g/mol. The van der Waals surface area contributed by atoms with Crippen molar-refractivity contribution in [3.05, 3.63) is 35.4 Å². The molecule has 0 amide bonds. The zero-order chi connectivity index (χ0) is 13.8. The van der Waals surface area contributed by atoms with Crippen molar-refractivity contribution in [2.75, 3.05) is 20.2 Å². The normalized spacial score (nSPS) is 23.5. The van der Waals surface area contributed by atoms with Crippen molar-refractivity contribution in [1.82, 2.24) is 4.90 Å². The van der Waals surface area contributed by atoms with Crippen molar-refractivity contribution in [1.29, 1.82) is 0 Å². The van der Waals surface area contributed by atoms with Crippen molar-refractivity contribution < 1.29 is 4.74 Å². The molecular weight excluding hydrogens is 236 g/mol. The molecule has 2 N–H and O–H groups in total. The predicted octanol–water partition coefficient (Wildman–Crippen LogP) is 2.49. The maximum absolute atomic E-state index is 6.37. The third-order valence-electron chi connectivity index (χ3n) is 4.20. The van der Waals surface area contributed by atoms with E-state index in [4.69, 9.17) is 10.5 Å². The maximum Gasteiger partial charge on any atom is 0.0710 e. The van der Waals surface area contributed by atoms with Crippen LogP contribution in [-0.2, 0) is 4.74 Å². The van der Waals surface area contributed by atoms with Crippen LogP contribution in [0.3, 0.4) is 0 Å². The molecule has 3 heteroatoms. The van der Waals surface area contributed by atoms with E-state index in [1.54, 1.807) is 7.11 Å². The Balaban J connectivity index is 2.19. The van der Waals surface area contributed by atoms with Gasteiger partial charge in [0.15, 0.2) is 0 Å². The predicted molar refractivity (Wildman–Crippen MR) is 79.2 cm³/mol. The summed E-state index contributed by atoms with van der Waals surface area (Å²) in [6.07, 6.45) is 2.46. The van der Waals surface area contributed by atoms with Crippen molar-refractivity contribution in [3.63, 3.8) is 0 Å². The fraction of sp³-hybridized carbons (Fsp3) is 0.625. The molecule has 1 fully saturated rings. The number of nitrogens with two attached hydrogens (primary N) is 1. The molecular formula is C16H26N2O. The molecule has 0 spiro atoms. The maximum atomic E-state index is 6.37. The van der Waals surface area contributed by atoms with E-state index < -0.39 is 0 Å². The smallest absolute Gasteiger partial charge is 0.0710 e. The van der Waals surface area contributed by atoms with Crippen LogP contribution in [0.4, 0.5) is 0 Å². The number of benzene rings is 1. The topological polar surface area (TPSA) is 38.5 Å². The second kappa shape index (κ2) is 6.51. The van der Waals surface area contributed by atoms with Gasteiger partial charge in [-0.25, -0.2) is 0 Å². The number of hydrogen-bond acceptors (Lipinski definition) is 3. The highest BCUT2D eigenvalue weighted by Crippen LogP contribution is 2.29. The van der Waals surface area contributed by atoms with Gasteiger partial charge < -0.3 is 10.5 Å². The summed E-state index contributed by atoms with van der Waals surface area (Å²) in [6.45, 7) is 6.35. The summed E-state index contributed by atoms with van der Waals surface area (Å²) in [5, 5.41) is 0. The van der Waals surface area contributed by atoms with E-state index in [0.717, 1.165) is 25.9 Å². The van der Waals surface area contributed by atoms with Crippen molar-refractivity contribution in [2.45, 2.75) is 44.9 Å². The third kappa shape index (κ3) is 3.35. The van der Waals surface area contributed by atoms with Gasteiger partial charge in [-0.1, -0.05) is 36.8 Å². The van der Waals surface area contributed by atoms with Crippen molar-refractivity contribution in [2.24, 2.45) is 5.73 Å². The molecule has 1 aliphatic heterocycles. The van der Waals surface area contributed by atoms with E-state index in [1.807, 2.05) is 0 Å². The largest absolute Gasteiger partial charge is 0.380 e. The number of likely N-dealkylation sites (tertiary alicyclic amines) is 1. The van der Waals surface area contributed by atoms with Gasteiger partial charge in [0.05, 0.1) is 6.10 Å². The van der Waals surface area contributed by atoms with Gasteiger partial charge in [-0.15, -0.1) is 0 Å². The highest BCUT2D eigenvalue weighted by Gasteiger charge is 2.31. The van der Waals surface area contributed by atoms with Gasteiger partial charge in [-0.3, -0.25) is 4.90 Å². The lowest BCUT2D eigenvalue weighted by atomic mass is 9.96. The standard InChI is InChI=1S/C16H26N2O/c1-4-15(17)16(13-7-5-12(2)6-8-13)18-10-9-14(11-18)19-3/h5-8,14-16H,4,9-11,17H2,1-3H3. The molecule has 3 atom stereocenters. The lowest BCUT2D eigenvalue weighted by Gasteiger charge is -2.32. The minimum Gasteiger partial charge on any atom is -0.380 e. The Morgan fingerprint density at radius 3 is 2.58 bits per heavy atom. The van der Waals surface area contributed by atoms with E-state index >= 15 is 0 Å². The molecule has 1 saturated heterocycles. The van der Waals surface area contributed by atoms with Gasteiger partial charge in [0.25, 0.3) is 0 Å². The lowest BCUT2D eigenvalue weighted by molar-refractivity contribution is 0.0971. The molecule has 0 radical (unpaired) electrons. The van der Waals surface area contributed by atoms with E-state index in [-0.39, 0.29) is 6.04 Å². The summed E-state index contributed by atoms with van der Waals surface area (Å²) in [5.74, 6) is 0. The van der Waals surface area contributed by atoms with E-state index in [9.17, 15) is 0 Å². The zero-order valence-electron chi connectivity index (χ0n) is 12.3. The molecule has 0 bridgehead atoms. The quantitative estimate of drug-likeness (QED) is 0.886. The first kappa shape index (κ1) is 14.5. The van der Waals surface area contributed by atoms with E-state index in [1.165, 1.54) is 11.1 Å². The van der Waals surface area contributed by atoms with Gasteiger partial charge in [0.1, 0.15) is 0 Å². The van der Waals surface area contributed by atoms with Gasteiger partial charge in [-0.2, -0.15) is 0 Å².